The summed E-state index contributed by atoms with van der Waals surface area (Å²) in [6, 6.07) is 11.1. The molecule has 3 aromatic rings. The maximum Gasteiger partial charge on any atom is 0.356 e. The fourth-order valence-corrected chi connectivity index (χ4v) is 3.50. The van der Waals surface area contributed by atoms with E-state index in [-0.39, 0.29) is 18.1 Å². The lowest BCUT2D eigenvalue weighted by atomic mass is 10.0. The van der Waals surface area contributed by atoms with Crippen LogP contribution in [0.1, 0.15) is 37.8 Å². The molecule has 1 aliphatic rings. The molecule has 0 aliphatic carbocycles. The largest absolute Gasteiger partial charge is 0.497 e. The third kappa shape index (κ3) is 3.24. The summed E-state index contributed by atoms with van der Waals surface area (Å²) >= 11 is 0. The molecule has 4 rings (SSSR count). The maximum absolute atomic E-state index is 12.6. The zero-order valence-electron chi connectivity index (χ0n) is 15.4. The van der Waals surface area contributed by atoms with Gasteiger partial charge in [0.1, 0.15) is 11.4 Å². The zero-order valence-corrected chi connectivity index (χ0v) is 15.4. The number of amides is 1. The average molecular weight is 380 g/mol. The highest BCUT2D eigenvalue weighted by molar-refractivity contribution is 5.93. The first kappa shape index (κ1) is 17.8. The number of methoxy groups -OCH3 is 1. The van der Waals surface area contributed by atoms with Gasteiger partial charge >= 0.3 is 5.97 Å². The van der Waals surface area contributed by atoms with Gasteiger partial charge in [0.25, 0.3) is 5.91 Å². The Balaban J connectivity index is 1.62. The number of rotatable bonds is 5. The van der Waals surface area contributed by atoms with Crippen molar-refractivity contribution in [2.45, 2.75) is 19.5 Å². The first-order valence-electron chi connectivity index (χ1n) is 8.94. The number of aromatic carboxylic acids is 1. The van der Waals surface area contributed by atoms with Gasteiger partial charge in [0, 0.05) is 30.4 Å². The molecule has 0 fully saturated rings. The van der Waals surface area contributed by atoms with Gasteiger partial charge in [0.2, 0.25) is 0 Å². The summed E-state index contributed by atoms with van der Waals surface area (Å²) in [6.45, 7) is 1.21. The number of H-pyrrole nitrogens is 1. The van der Waals surface area contributed by atoms with Crippen LogP contribution in [-0.4, -0.2) is 50.3 Å². The van der Waals surface area contributed by atoms with Crippen LogP contribution in [0, 0.1) is 0 Å². The molecule has 0 spiro atoms. The Morgan fingerprint density at radius 3 is 2.68 bits per heavy atom. The van der Waals surface area contributed by atoms with E-state index in [2.05, 4.69) is 10.1 Å². The molecule has 8 nitrogen and oxygen atoms in total. The molecule has 3 heterocycles. The van der Waals surface area contributed by atoms with E-state index < -0.39 is 5.97 Å². The lowest BCUT2D eigenvalue weighted by Gasteiger charge is -2.27. The number of carbonyl (C=O) groups excluding carboxylic acids is 1. The van der Waals surface area contributed by atoms with E-state index in [0.29, 0.717) is 30.8 Å². The number of nitrogens with zero attached hydrogens (tertiary/aromatic N) is 3. The number of carboxylic acid groups (broad SMARTS) is 1. The fraction of sp³-hybridized carbons (Fsp3) is 0.250. The molecule has 2 aromatic heterocycles. The van der Waals surface area contributed by atoms with E-state index in [9.17, 15) is 14.7 Å². The number of hydrogen-bond donors (Lipinski definition) is 2. The molecule has 1 amide bonds. The Bertz CT molecular complexity index is 1010. The van der Waals surface area contributed by atoms with Crippen molar-refractivity contribution in [1.29, 1.82) is 0 Å². The monoisotopic (exact) mass is 380 g/mol. The minimum Gasteiger partial charge on any atom is -0.497 e. The van der Waals surface area contributed by atoms with Gasteiger partial charge < -0.3 is 19.7 Å². The summed E-state index contributed by atoms with van der Waals surface area (Å²) < 4.78 is 6.90. The van der Waals surface area contributed by atoms with Gasteiger partial charge in [-0.25, -0.2) is 4.79 Å². The summed E-state index contributed by atoms with van der Waals surface area (Å²) in [5.41, 5.74) is 2.96. The molecule has 144 valence electrons. The third-order valence-corrected chi connectivity index (χ3v) is 4.94. The highest BCUT2D eigenvalue weighted by Crippen LogP contribution is 2.25. The molecule has 0 saturated heterocycles. The van der Waals surface area contributed by atoms with Crippen LogP contribution >= 0.6 is 0 Å². The molecule has 1 aromatic carbocycles. The van der Waals surface area contributed by atoms with Gasteiger partial charge in [-0.15, -0.1) is 0 Å². The van der Waals surface area contributed by atoms with E-state index >= 15 is 0 Å². The Hall–Kier alpha value is -3.55. The molecule has 0 unspecified atom stereocenters. The highest BCUT2D eigenvalue weighted by atomic mass is 16.5. The van der Waals surface area contributed by atoms with Crippen molar-refractivity contribution in [1.82, 2.24) is 19.7 Å². The second-order valence-electron chi connectivity index (χ2n) is 6.65. The predicted octanol–water partition coefficient (Wildman–Crippen LogP) is 2.16. The van der Waals surface area contributed by atoms with E-state index in [0.717, 1.165) is 17.0 Å². The van der Waals surface area contributed by atoms with Gasteiger partial charge in [-0.05, 0) is 29.8 Å². The fourth-order valence-electron chi connectivity index (χ4n) is 3.50. The molecule has 0 bridgehead atoms. The van der Waals surface area contributed by atoms with Crippen molar-refractivity contribution in [3.05, 3.63) is 70.8 Å². The molecule has 28 heavy (non-hydrogen) atoms. The van der Waals surface area contributed by atoms with Gasteiger partial charge in [-0.2, -0.15) is 5.10 Å². The summed E-state index contributed by atoms with van der Waals surface area (Å²) in [5.74, 6) is -0.468. The molecule has 2 N–H and O–H groups in total. The third-order valence-electron chi connectivity index (χ3n) is 4.94. The summed E-state index contributed by atoms with van der Waals surface area (Å²) in [4.78, 5) is 28.9. The van der Waals surface area contributed by atoms with Crippen LogP contribution in [0.25, 0.3) is 0 Å². The average Bonchev–Trinajstić information content (AvgIpc) is 3.36. The van der Waals surface area contributed by atoms with Crippen LogP contribution in [0.3, 0.4) is 0 Å². The predicted molar refractivity (Wildman–Crippen MR) is 101 cm³/mol. The SMILES string of the molecule is COc1ccc(Cn2nc(C(=O)O)c3c2CCN(C(=O)c2ccc[nH]2)C3)cc1. The van der Waals surface area contributed by atoms with Crippen LogP contribution in [-0.2, 0) is 19.5 Å². The first-order valence-corrected chi connectivity index (χ1v) is 8.94. The molecule has 8 heteroatoms. The standard InChI is InChI=1S/C20H20N4O4/c1-28-14-6-4-13(5-7-14)11-24-17-8-10-23(19(25)16-3-2-9-21-16)12-15(17)18(22-24)20(26)27/h2-7,9,21H,8,10-12H2,1H3,(H,26,27). The smallest absolute Gasteiger partial charge is 0.356 e. The molecule has 1 aliphatic heterocycles. The molecular weight excluding hydrogens is 360 g/mol. The van der Waals surface area contributed by atoms with Gasteiger partial charge in [0.05, 0.1) is 20.2 Å². The summed E-state index contributed by atoms with van der Waals surface area (Å²) in [7, 11) is 1.61. The number of fused-ring (bicyclic) bond motifs is 1. The number of ether oxygens (including phenoxy) is 1. The van der Waals surface area contributed by atoms with Gasteiger partial charge in [-0.1, -0.05) is 12.1 Å². The summed E-state index contributed by atoms with van der Waals surface area (Å²) in [6.07, 6.45) is 2.25. The molecule has 0 saturated carbocycles. The number of carbonyl (C=O) groups is 2. The normalized spacial score (nSPS) is 13.2. The lowest BCUT2D eigenvalue weighted by molar-refractivity contribution is 0.0673. The number of nitrogens with one attached hydrogen (secondary N) is 1. The Labute approximate surface area is 161 Å². The zero-order chi connectivity index (χ0) is 19.7. The Morgan fingerprint density at radius 1 is 1.25 bits per heavy atom. The topological polar surface area (TPSA) is 100 Å². The number of aromatic nitrogens is 3. The minimum absolute atomic E-state index is 0.00694. The van der Waals surface area contributed by atoms with Crippen molar-refractivity contribution in [2.24, 2.45) is 0 Å². The van der Waals surface area contributed by atoms with Crippen molar-refractivity contribution in [3.8, 4) is 5.75 Å². The Kier molecular flexibility index (Phi) is 4.60. The molecule has 0 radical (unpaired) electrons. The van der Waals surface area contributed by atoms with E-state index in [1.54, 1.807) is 35.0 Å². The number of aromatic amines is 1. The minimum atomic E-state index is -1.08. The van der Waals surface area contributed by atoms with Gasteiger partial charge in [-0.3, -0.25) is 9.48 Å². The second kappa shape index (κ2) is 7.22. The number of hydrogen-bond acceptors (Lipinski definition) is 4. The lowest BCUT2D eigenvalue weighted by Crippen LogP contribution is -2.37. The van der Waals surface area contributed by atoms with Crippen molar-refractivity contribution in [3.63, 3.8) is 0 Å². The first-order chi connectivity index (χ1) is 13.6. The van der Waals surface area contributed by atoms with Crippen LogP contribution < -0.4 is 4.74 Å². The van der Waals surface area contributed by atoms with E-state index in [1.807, 2.05) is 24.3 Å². The Morgan fingerprint density at radius 2 is 2.04 bits per heavy atom. The quantitative estimate of drug-likeness (QED) is 0.707. The van der Waals surface area contributed by atoms with Crippen LogP contribution in [0.15, 0.2) is 42.6 Å². The van der Waals surface area contributed by atoms with Gasteiger partial charge in [0.15, 0.2) is 5.69 Å². The van der Waals surface area contributed by atoms with E-state index in [1.165, 1.54) is 0 Å². The molecule has 0 atom stereocenters. The van der Waals surface area contributed by atoms with Crippen molar-refractivity contribution < 1.29 is 19.4 Å². The van der Waals surface area contributed by atoms with Crippen LogP contribution in [0.5, 0.6) is 5.75 Å². The second-order valence-corrected chi connectivity index (χ2v) is 6.65. The maximum atomic E-state index is 12.6. The highest BCUT2D eigenvalue weighted by Gasteiger charge is 2.30. The van der Waals surface area contributed by atoms with Crippen LogP contribution in [0.4, 0.5) is 0 Å². The van der Waals surface area contributed by atoms with E-state index in [4.69, 9.17) is 4.74 Å². The van der Waals surface area contributed by atoms with Crippen molar-refractivity contribution >= 4 is 11.9 Å². The summed E-state index contributed by atoms with van der Waals surface area (Å²) in [5, 5.41) is 13.9. The van der Waals surface area contributed by atoms with Crippen LogP contribution in [0.2, 0.25) is 0 Å². The number of carboxylic acids is 1. The van der Waals surface area contributed by atoms with Crippen molar-refractivity contribution in [2.75, 3.05) is 13.7 Å². The molecular formula is C20H20N4O4. The number of benzene rings is 1.